The molecule has 5 rings (SSSR count). The second kappa shape index (κ2) is 16.7. The molecule has 0 N–H and O–H groups in total. The van der Waals surface area contributed by atoms with E-state index in [1.165, 1.54) is 56.4 Å². The molecule has 2 aromatic carbocycles. The minimum absolute atomic E-state index is 0.404. The first-order valence-corrected chi connectivity index (χ1v) is 16.1. The summed E-state index contributed by atoms with van der Waals surface area (Å²) in [7, 11) is 0. The molecule has 0 unspecified atom stereocenters. The van der Waals surface area contributed by atoms with E-state index < -0.39 is 0 Å². The summed E-state index contributed by atoms with van der Waals surface area (Å²) < 4.78 is 5.62. The van der Waals surface area contributed by atoms with E-state index in [1.807, 2.05) is 0 Å². The minimum Gasteiger partial charge on any atom is -0.373 e. The van der Waals surface area contributed by atoms with Crippen molar-refractivity contribution in [3.05, 3.63) is 71.3 Å². The van der Waals surface area contributed by atoms with E-state index in [1.54, 1.807) is 5.56 Å². The van der Waals surface area contributed by atoms with Crippen molar-refractivity contribution >= 4 is 0 Å². The fraction of sp³-hybridized carbons (Fsp3) is 0.667. The number of fused-ring (bicyclic) bond motifs is 1. The van der Waals surface area contributed by atoms with E-state index in [9.17, 15) is 0 Å². The second-order valence-electron chi connectivity index (χ2n) is 13.2. The second-order valence-corrected chi connectivity index (χ2v) is 13.2. The van der Waals surface area contributed by atoms with Crippen LogP contribution in [0, 0.1) is 5.92 Å². The van der Waals surface area contributed by atoms with E-state index in [4.69, 9.17) is 4.74 Å². The lowest BCUT2D eigenvalue weighted by Crippen LogP contribution is -2.48. The van der Waals surface area contributed by atoms with Gasteiger partial charge in [-0.05, 0) is 117 Å². The van der Waals surface area contributed by atoms with Crippen molar-refractivity contribution < 1.29 is 4.74 Å². The summed E-state index contributed by atoms with van der Waals surface area (Å²) in [6.45, 7) is 25.0. The van der Waals surface area contributed by atoms with Crippen LogP contribution in [-0.2, 0) is 24.1 Å². The number of likely N-dealkylation sites (tertiary alicyclic amines) is 1. The van der Waals surface area contributed by atoms with Gasteiger partial charge in [-0.1, -0.05) is 54.6 Å². The van der Waals surface area contributed by atoms with E-state index in [0.717, 1.165) is 31.6 Å². The van der Waals surface area contributed by atoms with Gasteiger partial charge in [0.2, 0.25) is 0 Å². The molecule has 3 aliphatic rings. The van der Waals surface area contributed by atoms with Crippen LogP contribution in [0.3, 0.4) is 0 Å². The molecule has 0 amide bonds. The molecule has 0 bridgehead atoms. The predicted molar refractivity (Wildman–Crippen MR) is 172 cm³/mol. The van der Waals surface area contributed by atoms with Crippen molar-refractivity contribution in [1.29, 1.82) is 0 Å². The summed E-state index contributed by atoms with van der Waals surface area (Å²) >= 11 is 0. The van der Waals surface area contributed by atoms with Crippen molar-refractivity contribution in [2.24, 2.45) is 5.92 Å². The summed E-state index contributed by atoms with van der Waals surface area (Å²) in [5.41, 5.74) is 4.56. The number of hydrogen-bond acceptors (Lipinski definition) is 4. The van der Waals surface area contributed by atoms with E-state index in [2.05, 4.69) is 125 Å². The molecule has 4 nitrogen and oxygen atoms in total. The number of rotatable bonds is 5. The lowest BCUT2D eigenvalue weighted by Gasteiger charge is -2.37. The van der Waals surface area contributed by atoms with Gasteiger partial charge in [-0.3, -0.25) is 9.80 Å². The van der Waals surface area contributed by atoms with Crippen LogP contribution in [0.5, 0.6) is 0 Å². The molecule has 4 heteroatoms. The molecule has 40 heavy (non-hydrogen) atoms. The monoisotopic (exact) mass is 549 g/mol. The van der Waals surface area contributed by atoms with Crippen LogP contribution in [0.1, 0.15) is 84.9 Å². The first-order valence-electron chi connectivity index (χ1n) is 16.1. The van der Waals surface area contributed by atoms with Gasteiger partial charge in [0, 0.05) is 44.3 Å². The van der Waals surface area contributed by atoms with Crippen LogP contribution < -0.4 is 0 Å². The summed E-state index contributed by atoms with van der Waals surface area (Å²) in [5, 5.41) is 0. The third-order valence-electron chi connectivity index (χ3n) is 8.82. The van der Waals surface area contributed by atoms with Crippen LogP contribution in [-0.4, -0.2) is 77.8 Å². The molecule has 2 fully saturated rings. The molecule has 0 aromatic heterocycles. The van der Waals surface area contributed by atoms with Gasteiger partial charge in [0.1, 0.15) is 0 Å². The number of piperidine rings is 1. The van der Waals surface area contributed by atoms with Crippen molar-refractivity contribution in [1.82, 2.24) is 14.7 Å². The topological polar surface area (TPSA) is 19.0 Å². The van der Waals surface area contributed by atoms with Gasteiger partial charge >= 0.3 is 0 Å². The molecule has 2 saturated heterocycles. The number of morpholine rings is 1. The molecule has 3 aliphatic heterocycles. The number of hydrogen-bond donors (Lipinski definition) is 0. The third kappa shape index (κ3) is 10.9. The smallest absolute Gasteiger partial charge is 0.0678 e. The molecule has 0 radical (unpaired) electrons. The largest absolute Gasteiger partial charge is 0.373 e. The zero-order chi connectivity index (χ0) is 29.1. The van der Waals surface area contributed by atoms with Crippen LogP contribution in [0.4, 0.5) is 0 Å². The Morgan fingerprint density at radius 2 is 1.18 bits per heavy atom. The fourth-order valence-corrected chi connectivity index (χ4v) is 6.22. The van der Waals surface area contributed by atoms with E-state index >= 15 is 0 Å². The van der Waals surface area contributed by atoms with Gasteiger partial charge in [-0.2, -0.15) is 0 Å². The standard InChI is InChI=1S/C15H23N.C12H17N.C9H19NO/c1-13(2)16-10-8-15(9-11-16)12-14-6-4-3-5-7-14;1-10(2)13-8-7-11-5-3-4-6-12(11)9-13;1-7(2)10-5-8(3)11-9(4)6-10/h3-7,13,15H,8-12H2,1-2H3;3-6,10H,7-9H2,1-2H3;7-9H,5-6H2,1-4H3/t;;8-,9+. The Labute approximate surface area is 247 Å². The first kappa shape index (κ1) is 32.8. The SMILES string of the molecule is CC(C)N1CCC(Cc2ccccc2)CC1.CC(C)N1CCc2ccccc2C1.CC(C)N1C[C@@H](C)O[C@@H](C)C1. The number of benzene rings is 2. The van der Waals surface area contributed by atoms with Crippen LogP contribution >= 0.6 is 0 Å². The van der Waals surface area contributed by atoms with Crippen molar-refractivity contribution in [3.63, 3.8) is 0 Å². The minimum atomic E-state index is 0.404. The Bertz CT molecular complexity index is 942. The average molecular weight is 550 g/mol. The van der Waals surface area contributed by atoms with Crippen LogP contribution in [0.2, 0.25) is 0 Å². The molecule has 224 valence electrons. The van der Waals surface area contributed by atoms with Crippen molar-refractivity contribution in [2.45, 2.75) is 118 Å². The van der Waals surface area contributed by atoms with E-state index in [0.29, 0.717) is 24.3 Å². The van der Waals surface area contributed by atoms with Gasteiger partial charge in [0.15, 0.2) is 0 Å². The molecule has 0 saturated carbocycles. The molecule has 2 aromatic rings. The Balaban J connectivity index is 0.000000169. The zero-order valence-electron chi connectivity index (χ0n) is 27.0. The van der Waals surface area contributed by atoms with Gasteiger partial charge in [-0.25, -0.2) is 0 Å². The summed E-state index contributed by atoms with van der Waals surface area (Å²) in [4.78, 5) is 7.60. The highest BCUT2D eigenvalue weighted by Gasteiger charge is 2.23. The first-order chi connectivity index (χ1) is 19.1. The quantitative estimate of drug-likeness (QED) is 0.389. The van der Waals surface area contributed by atoms with Crippen LogP contribution in [0.25, 0.3) is 0 Å². The molecule has 2 atom stereocenters. The Morgan fingerprint density at radius 1 is 0.650 bits per heavy atom. The van der Waals surface area contributed by atoms with Gasteiger partial charge < -0.3 is 9.64 Å². The Kier molecular flexibility index (Phi) is 13.7. The summed E-state index contributed by atoms with van der Waals surface area (Å²) in [6, 6.07) is 21.8. The summed E-state index contributed by atoms with van der Waals surface area (Å²) in [5.74, 6) is 0.900. The highest BCUT2D eigenvalue weighted by molar-refractivity contribution is 5.29. The normalized spacial score (nSPS) is 22.9. The number of ether oxygens (including phenoxy) is 1. The Morgan fingerprint density at radius 3 is 1.73 bits per heavy atom. The van der Waals surface area contributed by atoms with Crippen molar-refractivity contribution in [2.75, 3.05) is 32.7 Å². The summed E-state index contributed by atoms with van der Waals surface area (Å²) in [6.07, 6.45) is 6.03. The zero-order valence-corrected chi connectivity index (χ0v) is 27.0. The van der Waals surface area contributed by atoms with Gasteiger partial charge in [0.05, 0.1) is 12.2 Å². The average Bonchev–Trinajstić information content (AvgIpc) is 2.94. The lowest BCUT2D eigenvalue weighted by atomic mass is 9.90. The maximum atomic E-state index is 5.62. The molecule has 0 aliphatic carbocycles. The number of nitrogens with zero attached hydrogens (tertiary/aromatic N) is 3. The van der Waals surface area contributed by atoms with E-state index in [-0.39, 0.29) is 0 Å². The van der Waals surface area contributed by atoms with Gasteiger partial charge in [0.25, 0.3) is 0 Å². The molecular weight excluding hydrogens is 490 g/mol. The maximum absolute atomic E-state index is 5.62. The van der Waals surface area contributed by atoms with Gasteiger partial charge in [-0.15, -0.1) is 0 Å². The molecular formula is C36H59N3O. The van der Waals surface area contributed by atoms with Crippen LogP contribution in [0.15, 0.2) is 54.6 Å². The predicted octanol–water partition coefficient (Wildman–Crippen LogP) is 7.31. The molecule has 3 heterocycles. The fourth-order valence-electron chi connectivity index (χ4n) is 6.22. The molecule has 0 spiro atoms. The Hall–Kier alpha value is -1.72. The highest BCUT2D eigenvalue weighted by Crippen LogP contribution is 2.23. The van der Waals surface area contributed by atoms with Crippen molar-refractivity contribution in [3.8, 4) is 0 Å². The lowest BCUT2D eigenvalue weighted by molar-refractivity contribution is -0.0764. The highest BCUT2D eigenvalue weighted by atomic mass is 16.5. The third-order valence-corrected chi connectivity index (χ3v) is 8.82. The maximum Gasteiger partial charge on any atom is 0.0678 e.